The van der Waals surface area contributed by atoms with Crippen molar-refractivity contribution in [3.63, 3.8) is 0 Å². The van der Waals surface area contributed by atoms with Crippen molar-refractivity contribution in [2.45, 2.75) is 6.92 Å². The van der Waals surface area contributed by atoms with Crippen molar-refractivity contribution in [1.82, 2.24) is 0 Å². The highest BCUT2D eigenvalue weighted by Crippen LogP contribution is 2.36. The molecule has 30 heavy (non-hydrogen) atoms. The van der Waals surface area contributed by atoms with Crippen molar-refractivity contribution < 1.29 is 18.8 Å². The van der Waals surface area contributed by atoms with Crippen LogP contribution in [0, 0.1) is 6.92 Å². The number of amides is 3. The van der Waals surface area contributed by atoms with E-state index in [-0.39, 0.29) is 23.5 Å². The minimum atomic E-state index is -0.365. The van der Waals surface area contributed by atoms with E-state index in [4.69, 9.17) is 4.42 Å². The van der Waals surface area contributed by atoms with Crippen LogP contribution in [0.1, 0.15) is 36.8 Å². The molecule has 1 N–H and O–H groups in total. The molecule has 1 aliphatic rings. The molecule has 0 fully saturated rings. The first kappa shape index (κ1) is 17.9. The zero-order chi connectivity index (χ0) is 20.8. The van der Waals surface area contributed by atoms with E-state index >= 15 is 0 Å². The molecule has 0 bridgehead atoms. The lowest BCUT2D eigenvalue weighted by Crippen LogP contribution is -2.29. The van der Waals surface area contributed by atoms with Gasteiger partial charge in [0.2, 0.25) is 0 Å². The average Bonchev–Trinajstić information content (AvgIpc) is 3.30. The Morgan fingerprint density at radius 1 is 0.833 bits per heavy atom. The highest BCUT2D eigenvalue weighted by Gasteiger charge is 2.37. The third kappa shape index (κ3) is 2.62. The van der Waals surface area contributed by atoms with Crippen LogP contribution in [0.5, 0.6) is 0 Å². The normalized spacial score (nSPS) is 13.0. The lowest BCUT2D eigenvalue weighted by Gasteiger charge is -2.18. The number of fused-ring (bicyclic) bond motifs is 2. The van der Waals surface area contributed by atoms with E-state index in [2.05, 4.69) is 5.32 Å². The van der Waals surface area contributed by atoms with Gasteiger partial charge in [-0.1, -0.05) is 36.4 Å². The van der Waals surface area contributed by atoms with Gasteiger partial charge in [0, 0.05) is 22.0 Å². The lowest BCUT2D eigenvalue weighted by atomic mass is 10.1. The van der Waals surface area contributed by atoms with Crippen LogP contribution in [0.4, 0.5) is 11.4 Å². The van der Waals surface area contributed by atoms with Crippen LogP contribution < -0.4 is 10.2 Å². The van der Waals surface area contributed by atoms with Crippen LogP contribution in [0.25, 0.3) is 10.8 Å². The van der Waals surface area contributed by atoms with Crippen LogP contribution in [0.15, 0.2) is 77.4 Å². The minimum Gasteiger partial charge on any atom is -0.459 e. The number of aryl methyl sites for hydroxylation is 1. The number of carbonyl (C=O) groups excluding carboxylic acids is 3. The number of anilines is 2. The molecule has 2 heterocycles. The average molecular weight is 396 g/mol. The first-order valence-electron chi connectivity index (χ1n) is 9.41. The molecule has 5 rings (SSSR count). The maximum atomic E-state index is 12.9. The fourth-order valence-electron chi connectivity index (χ4n) is 3.78. The van der Waals surface area contributed by atoms with Gasteiger partial charge in [-0.05, 0) is 37.3 Å². The summed E-state index contributed by atoms with van der Waals surface area (Å²) in [6.45, 7) is 1.79. The molecule has 0 unspecified atom stereocenters. The molecule has 6 heteroatoms. The maximum absolute atomic E-state index is 12.9. The molecule has 0 saturated carbocycles. The summed E-state index contributed by atoms with van der Waals surface area (Å²) >= 11 is 0. The Hall–Kier alpha value is -4.19. The third-order valence-corrected chi connectivity index (χ3v) is 5.25. The third-order valence-electron chi connectivity index (χ3n) is 5.25. The van der Waals surface area contributed by atoms with Crippen molar-refractivity contribution in [2.24, 2.45) is 0 Å². The minimum absolute atomic E-state index is 0.239. The first-order valence-corrected chi connectivity index (χ1v) is 9.41. The maximum Gasteiger partial charge on any atom is 0.291 e. The zero-order valence-corrected chi connectivity index (χ0v) is 16.0. The topological polar surface area (TPSA) is 79.6 Å². The number of hydrogen-bond donors (Lipinski definition) is 1. The molecule has 0 aliphatic carbocycles. The quantitative estimate of drug-likeness (QED) is 0.505. The number of nitrogens with one attached hydrogen (secondary N) is 1. The molecule has 146 valence electrons. The Balaban J connectivity index is 1.59. The van der Waals surface area contributed by atoms with Gasteiger partial charge in [0.1, 0.15) is 0 Å². The molecular formula is C24H16N2O4. The Morgan fingerprint density at radius 2 is 1.47 bits per heavy atom. The van der Waals surface area contributed by atoms with Crippen LogP contribution in [0.2, 0.25) is 0 Å². The first-order chi connectivity index (χ1) is 14.6. The van der Waals surface area contributed by atoms with Gasteiger partial charge in [0.25, 0.3) is 17.7 Å². The standard InChI is InChI=1S/C24H16N2O4/c1-14-12-13-30-21(14)22(27)25-19-10-11-20(16-7-3-2-6-15(16)19)26-23(28)17-8-4-5-9-18(17)24(26)29/h2-13H,1H3,(H,25,27). The van der Waals surface area contributed by atoms with Gasteiger partial charge >= 0.3 is 0 Å². The van der Waals surface area contributed by atoms with E-state index < -0.39 is 0 Å². The smallest absolute Gasteiger partial charge is 0.291 e. The van der Waals surface area contributed by atoms with E-state index in [9.17, 15) is 14.4 Å². The predicted octanol–water partition coefficient (Wildman–Crippen LogP) is 4.79. The second kappa shape index (κ2) is 6.70. The predicted molar refractivity (Wildman–Crippen MR) is 113 cm³/mol. The van der Waals surface area contributed by atoms with Gasteiger partial charge in [-0.15, -0.1) is 0 Å². The fourth-order valence-corrected chi connectivity index (χ4v) is 3.78. The molecule has 0 saturated heterocycles. The molecule has 1 aliphatic heterocycles. The number of carbonyl (C=O) groups is 3. The number of nitrogens with zero attached hydrogens (tertiary/aromatic N) is 1. The number of hydrogen-bond acceptors (Lipinski definition) is 4. The molecule has 0 atom stereocenters. The summed E-state index contributed by atoms with van der Waals surface area (Å²) in [5, 5.41) is 4.26. The van der Waals surface area contributed by atoms with Crippen LogP contribution >= 0.6 is 0 Å². The Bertz CT molecular complexity index is 1320. The molecule has 3 aromatic carbocycles. The van der Waals surface area contributed by atoms with Gasteiger partial charge in [-0.2, -0.15) is 0 Å². The number of benzene rings is 3. The number of imide groups is 1. The highest BCUT2D eigenvalue weighted by atomic mass is 16.3. The van der Waals surface area contributed by atoms with E-state index in [1.807, 2.05) is 24.3 Å². The number of rotatable bonds is 3. The van der Waals surface area contributed by atoms with E-state index in [1.54, 1.807) is 49.4 Å². The van der Waals surface area contributed by atoms with E-state index in [0.717, 1.165) is 5.56 Å². The Kier molecular flexibility index (Phi) is 3.99. The lowest BCUT2D eigenvalue weighted by molar-refractivity contribution is 0.0924. The monoisotopic (exact) mass is 396 g/mol. The fraction of sp³-hybridized carbons (Fsp3) is 0.0417. The molecule has 3 amide bonds. The summed E-state index contributed by atoms with van der Waals surface area (Å²) in [5.41, 5.74) is 2.55. The molecule has 0 spiro atoms. The van der Waals surface area contributed by atoms with Gasteiger partial charge in [-0.3, -0.25) is 14.4 Å². The summed E-state index contributed by atoms with van der Waals surface area (Å²) in [7, 11) is 0. The highest BCUT2D eigenvalue weighted by molar-refractivity contribution is 6.36. The second-order valence-electron chi connectivity index (χ2n) is 7.06. The van der Waals surface area contributed by atoms with Gasteiger partial charge in [0.05, 0.1) is 23.1 Å². The summed E-state index contributed by atoms with van der Waals surface area (Å²) in [5.74, 6) is -0.841. The molecule has 1 aromatic heterocycles. The summed E-state index contributed by atoms with van der Waals surface area (Å²) in [4.78, 5) is 39.7. The molecule has 0 radical (unpaired) electrons. The van der Waals surface area contributed by atoms with Gasteiger partial charge in [-0.25, -0.2) is 4.90 Å². The summed E-state index contributed by atoms with van der Waals surface area (Å²) in [6, 6.07) is 19.2. The Labute approximate surface area is 171 Å². The van der Waals surface area contributed by atoms with Crippen molar-refractivity contribution in [3.05, 3.63) is 95.4 Å². The van der Waals surface area contributed by atoms with Crippen LogP contribution in [-0.2, 0) is 0 Å². The largest absolute Gasteiger partial charge is 0.459 e. The van der Waals surface area contributed by atoms with Gasteiger partial charge in [0.15, 0.2) is 5.76 Å². The SMILES string of the molecule is Cc1ccoc1C(=O)Nc1ccc(N2C(=O)c3ccccc3C2=O)c2ccccc12. The molecule has 4 aromatic rings. The van der Waals surface area contributed by atoms with Gasteiger partial charge < -0.3 is 9.73 Å². The number of furan rings is 1. The van der Waals surface area contributed by atoms with Crippen molar-refractivity contribution in [3.8, 4) is 0 Å². The second-order valence-corrected chi connectivity index (χ2v) is 7.06. The molecule has 6 nitrogen and oxygen atoms in total. The Morgan fingerprint density at radius 3 is 2.10 bits per heavy atom. The van der Waals surface area contributed by atoms with Crippen molar-refractivity contribution in [1.29, 1.82) is 0 Å². The van der Waals surface area contributed by atoms with Crippen molar-refractivity contribution in [2.75, 3.05) is 10.2 Å². The van der Waals surface area contributed by atoms with E-state index in [1.165, 1.54) is 11.2 Å². The van der Waals surface area contributed by atoms with Crippen molar-refractivity contribution >= 4 is 39.9 Å². The summed E-state index contributed by atoms with van der Waals surface area (Å²) < 4.78 is 5.27. The molecular weight excluding hydrogens is 380 g/mol. The van der Waals surface area contributed by atoms with Crippen LogP contribution in [0.3, 0.4) is 0 Å². The van der Waals surface area contributed by atoms with Crippen LogP contribution in [-0.4, -0.2) is 17.7 Å². The van der Waals surface area contributed by atoms with E-state index in [0.29, 0.717) is 33.3 Å². The zero-order valence-electron chi connectivity index (χ0n) is 16.0. The summed E-state index contributed by atoms with van der Waals surface area (Å²) in [6.07, 6.45) is 1.47.